The summed E-state index contributed by atoms with van der Waals surface area (Å²) in [7, 11) is 0. The molecule has 1 aliphatic heterocycles. The molecule has 1 aromatic carbocycles. The van der Waals surface area contributed by atoms with Crippen molar-refractivity contribution < 1.29 is 4.79 Å². The Kier molecular flexibility index (Phi) is 5.53. The Hall–Kier alpha value is -2.14. The number of carbonyl (C=O) groups is 1. The standard InChI is InChI=1S/C20H28N4O/c1-3-19-18(12-22-24(19)13-16-8-5-4-6-9-16)20(25)23-11-7-10-17(14-23)15(2)21/h4-6,8-9,12,15,17H,3,7,10-11,13-14,21H2,1-2H3/t15-,17+/m0/s1. The minimum absolute atomic E-state index is 0.0986. The number of likely N-dealkylation sites (tertiary alicyclic amines) is 1. The van der Waals surface area contributed by atoms with E-state index >= 15 is 0 Å². The number of nitrogens with zero attached hydrogens (tertiary/aromatic N) is 3. The van der Waals surface area contributed by atoms with Crippen LogP contribution in [0.4, 0.5) is 0 Å². The lowest BCUT2D eigenvalue weighted by Crippen LogP contribution is -2.45. The maximum Gasteiger partial charge on any atom is 0.257 e. The smallest absolute Gasteiger partial charge is 0.257 e. The highest BCUT2D eigenvalue weighted by Crippen LogP contribution is 2.22. The van der Waals surface area contributed by atoms with Crippen LogP contribution in [-0.2, 0) is 13.0 Å². The normalized spacial score (nSPS) is 19.0. The lowest BCUT2D eigenvalue weighted by atomic mass is 9.92. The van der Waals surface area contributed by atoms with Crippen molar-refractivity contribution in [3.8, 4) is 0 Å². The average Bonchev–Trinajstić information content (AvgIpc) is 3.04. The van der Waals surface area contributed by atoms with Crippen LogP contribution in [0.15, 0.2) is 36.5 Å². The molecule has 1 fully saturated rings. The Morgan fingerprint density at radius 1 is 1.36 bits per heavy atom. The summed E-state index contributed by atoms with van der Waals surface area (Å²) in [5.74, 6) is 0.489. The highest BCUT2D eigenvalue weighted by molar-refractivity contribution is 5.95. The van der Waals surface area contributed by atoms with Crippen LogP contribution < -0.4 is 5.73 Å². The van der Waals surface area contributed by atoms with E-state index in [0.29, 0.717) is 12.5 Å². The van der Waals surface area contributed by atoms with Crippen LogP contribution in [0.5, 0.6) is 0 Å². The van der Waals surface area contributed by atoms with Gasteiger partial charge in [-0.05, 0) is 37.7 Å². The largest absolute Gasteiger partial charge is 0.338 e. The molecule has 0 unspecified atom stereocenters. The van der Waals surface area contributed by atoms with Crippen molar-refractivity contribution in [1.29, 1.82) is 0 Å². The van der Waals surface area contributed by atoms with Gasteiger partial charge in [-0.15, -0.1) is 0 Å². The zero-order chi connectivity index (χ0) is 17.8. The Bertz CT molecular complexity index is 708. The third-order valence-electron chi connectivity index (χ3n) is 5.18. The van der Waals surface area contributed by atoms with Gasteiger partial charge in [-0.3, -0.25) is 9.48 Å². The quantitative estimate of drug-likeness (QED) is 0.910. The van der Waals surface area contributed by atoms with E-state index in [1.807, 2.05) is 34.7 Å². The summed E-state index contributed by atoms with van der Waals surface area (Å²) in [4.78, 5) is 15.0. The number of nitrogens with two attached hydrogens (primary N) is 1. The first kappa shape index (κ1) is 17.7. The molecule has 0 radical (unpaired) electrons. The summed E-state index contributed by atoms with van der Waals surface area (Å²) in [6.45, 7) is 6.38. The van der Waals surface area contributed by atoms with E-state index < -0.39 is 0 Å². The number of hydrogen-bond donors (Lipinski definition) is 1. The lowest BCUT2D eigenvalue weighted by Gasteiger charge is -2.34. The van der Waals surface area contributed by atoms with Gasteiger partial charge in [0.2, 0.25) is 0 Å². The zero-order valence-corrected chi connectivity index (χ0v) is 15.2. The molecular weight excluding hydrogens is 312 g/mol. The summed E-state index contributed by atoms with van der Waals surface area (Å²) in [6, 6.07) is 10.4. The van der Waals surface area contributed by atoms with Gasteiger partial charge in [0.05, 0.1) is 24.0 Å². The highest BCUT2D eigenvalue weighted by atomic mass is 16.2. The van der Waals surface area contributed by atoms with Crippen molar-refractivity contribution in [2.75, 3.05) is 13.1 Å². The maximum atomic E-state index is 13.0. The second-order valence-corrected chi connectivity index (χ2v) is 7.01. The van der Waals surface area contributed by atoms with Crippen LogP contribution in [0.2, 0.25) is 0 Å². The predicted molar refractivity (Wildman–Crippen MR) is 99.4 cm³/mol. The van der Waals surface area contributed by atoms with Crippen molar-refractivity contribution in [2.24, 2.45) is 11.7 Å². The third-order valence-corrected chi connectivity index (χ3v) is 5.18. The van der Waals surface area contributed by atoms with Crippen molar-refractivity contribution >= 4 is 5.91 Å². The Balaban J connectivity index is 1.79. The third kappa shape index (κ3) is 3.93. The number of benzene rings is 1. The van der Waals surface area contributed by atoms with Crippen molar-refractivity contribution in [3.05, 3.63) is 53.3 Å². The molecule has 1 amide bonds. The summed E-state index contributed by atoms with van der Waals surface area (Å²) in [5, 5.41) is 4.50. The molecule has 1 aromatic heterocycles. The number of piperidine rings is 1. The fourth-order valence-corrected chi connectivity index (χ4v) is 3.65. The second kappa shape index (κ2) is 7.83. The van der Waals surface area contributed by atoms with Gasteiger partial charge >= 0.3 is 0 Å². The average molecular weight is 340 g/mol. The first-order valence-electron chi connectivity index (χ1n) is 9.23. The minimum atomic E-state index is 0.0986. The molecular formula is C20H28N4O. The van der Waals surface area contributed by atoms with E-state index in [9.17, 15) is 4.79 Å². The van der Waals surface area contributed by atoms with Crippen molar-refractivity contribution in [3.63, 3.8) is 0 Å². The van der Waals surface area contributed by atoms with E-state index in [1.165, 1.54) is 5.56 Å². The maximum absolute atomic E-state index is 13.0. The Morgan fingerprint density at radius 2 is 2.12 bits per heavy atom. The van der Waals surface area contributed by atoms with Crippen molar-refractivity contribution in [2.45, 2.75) is 45.7 Å². The molecule has 0 bridgehead atoms. The van der Waals surface area contributed by atoms with E-state index in [0.717, 1.165) is 43.6 Å². The molecule has 0 spiro atoms. The molecule has 1 saturated heterocycles. The summed E-state index contributed by atoms with van der Waals surface area (Å²) < 4.78 is 1.95. The highest BCUT2D eigenvalue weighted by Gasteiger charge is 2.28. The zero-order valence-electron chi connectivity index (χ0n) is 15.2. The molecule has 0 saturated carbocycles. The molecule has 25 heavy (non-hydrogen) atoms. The molecule has 134 valence electrons. The van der Waals surface area contributed by atoms with Gasteiger partial charge in [-0.2, -0.15) is 5.10 Å². The SMILES string of the molecule is CCc1c(C(=O)N2CCC[C@@H]([C@H](C)N)C2)cnn1Cc1ccccc1. The van der Waals surface area contributed by atoms with Gasteiger partial charge < -0.3 is 10.6 Å². The van der Waals surface area contributed by atoms with Gasteiger partial charge in [0.25, 0.3) is 5.91 Å². The molecule has 3 rings (SSSR count). The molecule has 0 aliphatic carbocycles. The molecule has 2 atom stereocenters. The van der Waals surface area contributed by atoms with Gasteiger partial charge in [0, 0.05) is 19.1 Å². The van der Waals surface area contributed by atoms with Gasteiger partial charge in [0.15, 0.2) is 0 Å². The molecule has 5 heteroatoms. The molecule has 2 heterocycles. The van der Waals surface area contributed by atoms with E-state index in [2.05, 4.69) is 24.2 Å². The predicted octanol–water partition coefficient (Wildman–Crippen LogP) is 2.69. The van der Waals surface area contributed by atoms with Crippen molar-refractivity contribution in [1.82, 2.24) is 14.7 Å². The van der Waals surface area contributed by atoms with Crippen LogP contribution in [0.25, 0.3) is 0 Å². The van der Waals surface area contributed by atoms with E-state index in [-0.39, 0.29) is 11.9 Å². The monoisotopic (exact) mass is 340 g/mol. The summed E-state index contributed by atoms with van der Waals surface area (Å²) in [5.41, 5.74) is 9.00. The topological polar surface area (TPSA) is 64.2 Å². The summed E-state index contributed by atoms with van der Waals surface area (Å²) >= 11 is 0. The first-order chi connectivity index (χ1) is 12.1. The first-order valence-corrected chi connectivity index (χ1v) is 9.23. The minimum Gasteiger partial charge on any atom is -0.338 e. The molecule has 2 N–H and O–H groups in total. The van der Waals surface area contributed by atoms with E-state index in [4.69, 9.17) is 5.73 Å². The number of rotatable bonds is 5. The van der Waals surface area contributed by atoms with Crippen LogP contribution >= 0.6 is 0 Å². The Labute approximate surface area is 149 Å². The number of aromatic nitrogens is 2. The molecule has 2 aromatic rings. The van der Waals surface area contributed by atoms with Crippen LogP contribution in [0.1, 0.15) is 48.3 Å². The summed E-state index contributed by atoms with van der Waals surface area (Å²) in [6.07, 6.45) is 4.66. The van der Waals surface area contributed by atoms with Gasteiger partial charge in [-0.25, -0.2) is 0 Å². The second-order valence-electron chi connectivity index (χ2n) is 7.01. The molecule has 1 aliphatic rings. The van der Waals surface area contributed by atoms with Crippen LogP contribution in [0.3, 0.4) is 0 Å². The Morgan fingerprint density at radius 3 is 2.80 bits per heavy atom. The fourth-order valence-electron chi connectivity index (χ4n) is 3.65. The van der Waals surface area contributed by atoms with Crippen LogP contribution in [-0.4, -0.2) is 39.7 Å². The number of hydrogen-bond acceptors (Lipinski definition) is 3. The fraction of sp³-hybridized carbons (Fsp3) is 0.500. The van der Waals surface area contributed by atoms with Gasteiger partial charge in [-0.1, -0.05) is 37.3 Å². The lowest BCUT2D eigenvalue weighted by molar-refractivity contribution is 0.0659. The number of carbonyl (C=O) groups excluding carboxylic acids is 1. The van der Waals surface area contributed by atoms with Crippen LogP contribution in [0, 0.1) is 5.92 Å². The van der Waals surface area contributed by atoms with E-state index in [1.54, 1.807) is 6.20 Å². The number of amides is 1. The molecule has 5 nitrogen and oxygen atoms in total. The van der Waals surface area contributed by atoms with Gasteiger partial charge in [0.1, 0.15) is 0 Å².